The Hall–Kier alpha value is -2.17. The minimum Gasteiger partial charge on any atom is -0.508 e. The SMILES string of the molecule is CCc1ccc(-c2ccc(Cl)cc2)c(F)c1C1=C(O)C(C)(C)OC(C)(C)C1=O. The van der Waals surface area contributed by atoms with Gasteiger partial charge < -0.3 is 9.84 Å². The van der Waals surface area contributed by atoms with Crippen LogP contribution in [0.1, 0.15) is 45.7 Å². The van der Waals surface area contributed by atoms with Gasteiger partial charge in [0.15, 0.2) is 5.78 Å². The molecule has 1 N–H and O–H groups in total. The number of ketones is 1. The maximum absolute atomic E-state index is 15.8. The Morgan fingerprint density at radius 3 is 2.21 bits per heavy atom. The largest absolute Gasteiger partial charge is 0.508 e. The molecule has 0 atom stereocenters. The van der Waals surface area contributed by atoms with Gasteiger partial charge in [-0.05, 0) is 57.4 Å². The lowest BCUT2D eigenvalue weighted by molar-refractivity contribution is -0.158. The van der Waals surface area contributed by atoms with Gasteiger partial charge in [-0.15, -0.1) is 0 Å². The van der Waals surface area contributed by atoms with Crippen LogP contribution in [0.2, 0.25) is 5.02 Å². The molecule has 0 bridgehead atoms. The minimum atomic E-state index is -1.18. The summed E-state index contributed by atoms with van der Waals surface area (Å²) in [4.78, 5) is 13.1. The summed E-state index contributed by atoms with van der Waals surface area (Å²) in [5.41, 5.74) is -0.519. The fourth-order valence-electron chi connectivity index (χ4n) is 3.71. The Kier molecular flexibility index (Phi) is 5.15. The van der Waals surface area contributed by atoms with E-state index in [2.05, 4.69) is 0 Å². The number of rotatable bonds is 3. The van der Waals surface area contributed by atoms with Crippen LogP contribution >= 0.6 is 11.6 Å². The highest BCUT2D eigenvalue weighted by atomic mass is 35.5. The number of carbonyl (C=O) groups is 1. The summed E-state index contributed by atoms with van der Waals surface area (Å²) < 4.78 is 21.6. The van der Waals surface area contributed by atoms with Crippen LogP contribution in [0.5, 0.6) is 0 Å². The van der Waals surface area contributed by atoms with E-state index in [-0.39, 0.29) is 16.9 Å². The summed E-state index contributed by atoms with van der Waals surface area (Å²) in [6.45, 7) is 8.50. The van der Waals surface area contributed by atoms with Gasteiger partial charge >= 0.3 is 0 Å². The summed E-state index contributed by atoms with van der Waals surface area (Å²) >= 11 is 5.95. The average Bonchev–Trinajstić information content (AvgIpc) is 2.62. The van der Waals surface area contributed by atoms with E-state index in [1.165, 1.54) is 0 Å². The summed E-state index contributed by atoms with van der Waals surface area (Å²) in [6, 6.07) is 10.3. The Morgan fingerprint density at radius 1 is 1.04 bits per heavy atom. The van der Waals surface area contributed by atoms with Crippen molar-refractivity contribution >= 4 is 23.0 Å². The van der Waals surface area contributed by atoms with Crippen LogP contribution in [-0.4, -0.2) is 22.1 Å². The molecule has 0 saturated carbocycles. The molecule has 0 radical (unpaired) electrons. The highest BCUT2D eigenvalue weighted by molar-refractivity contribution is 6.30. The quantitative estimate of drug-likeness (QED) is 0.671. The number of aryl methyl sites for hydroxylation is 1. The number of hydrogen-bond acceptors (Lipinski definition) is 3. The monoisotopic (exact) mass is 402 g/mol. The van der Waals surface area contributed by atoms with Gasteiger partial charge in [-0.3, -0.25) is 4.79 Å². The van der Waals surface area contributed by atoms with Gasteiger partial charge in [-0.25, -0.2) is 4.39 Å². The molecule has 0 amide bonds. The van der Waals surface area contributed by atoms with Crippen molar-refractivity contribution in [3.63, 3.8) is 0 Å². The Labute approximate surface area is 169 Å². The summed E-state index contributed by atoms with van der Waals surface area (Å²) in [5.74, 6) is -1.23. The number of aliphatic hydroxyl groups excluding tert-OH is 1. The molecule has 1 aliphatic rings. The smallest absolute Gasteiger partial charge is 0.198 e. The number of benzene rings is 2. The van der Waals surface area contributed by atoms with Crippen molar-refractivity contribution in [3.05, 3.63) is 64.1 Å². The van der Waals surface area contributed by atoms with E-state index in [0.717, 1.165) is 0 Å². The van der Waals surface area contributed by atoms with Crippen molar-refractivity contribution in [1.29, 1.82) is 0 Å². The molecule has 3 rings (SSSR count). The molecule has 1 aliphatic heterocycles. The fraction of sp³-hybridized carbons (Fsp3) is 0.348. The number of halogens is 2. The van der Waals surface area contributed by atoms with Crippen molar-refractivity contribution in [2.75, 3.05) is 0 Å². The van der Waals surface area contributed by atoms with Crippen LogP contribution in [0.4, 0.5) is 4.39 Å². The molecule has 0 spiro atoms. The van der Waals surface area contributed by atoms with E-state index in [9.17, 15) is 9.90 Å². The first kappa shape index (κ1) is 20.6. The maximum atomic E-state index is 15.8. The molecular weight excluding hydrogens is 379 g/mol. The lowest BCUT2D eigenvalue weighted by atomic mass is 9.80. The second-order valence-corrected chi connectivity index (χ2v) is 8.43. The summed E-state index contributed by atoms with van der Waals surface area (Å²) in [7, 11) is 0. The number of ether oxygens (including phenoxy) is 1. The second kappa shape index (κ2) is 7.02. The van der Waals surface area contributed by atoms with Crippen molar-refractivity contribution in [3.8, 4) is 11.1 Å². The second-order valence-electron chi connectivity index (χ2n) is 8.00. The number of hydrogen-bond donors (Lipinski definition) is 1. The molecule has 0 fully saturated rings. The highest BCUT2D eigenvalue weighted by Gasteiger charge is 2.48. The van der Waals surface area contributed by atoms with Gasteiger partial charge in [0.25, 0.3) is 0 Å². The molecule has 1 heterocycles. The average molecular weight is 403 g/mol. The standard InChI is InChI=1S/C23H24ClFO3/c1-6-13-9-12-16(14-7-10-15(24)11-8-14)19(25)17(13)18-20(26)22(2,3)28-23(4,5)21(18)27/h7-12,26H,6H2,1-5H3. The molecule has 5 heteroatoms. The first-order valence-corrected chi connectivity index (χ1v) is 9.63. The van der Waals surface area contributed by atoms with Crippen LogP contribution in [0.3, 0.4) is 0 Å². The van der Waals surface area contributed by atoms with E-state index in [1.807, 2.05) is 6.92 Å². The normalized spacial score (nSPS) is 18.5. The molecule has 0 aliphatic carbocycles. The van der Waals surface area contributed by atoms with E-state index in [1.54, 1.807) is 64.1 Å². The van der Waals surface area contributed by atoms with Crippen molar-refractivity contribution in [2.24, 2.45) is 0 Å². The van der Waals surface area contributed by atoms with Crippen LogP contribution < -0.4 is 0 Å². The van der Waals surface area contributed by atoms with E-state index < -0.39 is 22.8 Å². The third-order valence-electron chi connectivity index (χ3n) is 5.11. The van der Waals surface area contributed by atoms with E-state index >= 15 is 4.39 Å². The van der Waals surface area contributed by atoms with E-state index in [4.69, 9.17) is 16.3 Å². The zero-order chi connectivity index (χ0) is 20.9. The zero-order valence-electron chi connectivity index (χ0n) is 16.7. The number of Topliss-reactive ketones (excluding diaryl/α,β-unsaturated/α-hetero) is 1. The molecular formula is C23H24ClFO3. The van der Waals surface area contributed by atoms with Crippen LogP contribution in [0, 0.1) is 5.82 Å². The van der Waals surface area contributed by atoms with Gasteiger partial charge in [0.05, 0.1) is 5.57 Å². The van der Waals surface area contributed by atoms with Gasteiger partial charge in [0, 0.05) is 16.1 Å². The Bertz CT molecular complexity index is 972. The van der Waals surface area contributed by atoms with Crippen molar-refractivity contribution < 1.29 is 19.0 Å². The predicted molar refractivity (Wildman–Crippen MR) is 110 cm³/mol. The Morgan fingerprint density at radius 2 is 1.64 bits per heavy atom. The molecule has 0 aromatic heterocycles. The molecule has 0 unspecified atom stereocenters. The lowest BCUT2D eigenvalue weighted by Gasteiger charge is -2.40. The fourth-order valence-corrected chi connectivity index (χ4v) is 3.83. The van der Waals surface area contributed by atoms with Crippen molar-refractivity contribution in [2.45, 2.75) is 52.2 Å². The predicted octanol–water partition coefficient (Wildman–Crippen LogP) is 6.13. The minimum absolute atomic E-state index is 0.00795. The lowest BCUT2D eigenvalue weighted by Crippen LogP contribution is -2.49. The first-order chi connectivity index (χ1) is 13.0. The molecule has 2 aromatic carbocycles. The maximum Gasteiger partial charge on any atom is 0.198 e. The highest BCUT2D eigenvalue weighted by Crippen LogP contribution is 2.43. The van der Waals surface area contributed by atoms with Crippen LogP contribution in [0.25, 0.3) is 16.7 Å². The third-order valence-corrected chi connectivity index (χ3v) is 5.36. The number of aliphatic hydroxyl groups is 1. The van der Waals surface area contributed by atoms with Crippen LogP contribution in [0.15, 0.2) is 42.2 Å². The topological polar surface area (TPSA) is 46.5 Å². The number of carbonyl (C=O) groups excluding carboxylic acids is 1. The van der Waals surface area contributed by atoms with Crippen molar-refractivity contribution in [1.82, 2.24) is 0 Å². The van der Waals surface area contributed by atoms with Crippen LogP contribution in [-0.2, 0) is 16.0 Å². The van der Waals surface area contributed by atoms with Gasteiger partial charge in [-0.1, -0.05) is 42.8 Å². The molecule has 148 valence electrons. The summed E-state index contributed by atoms with van der Waals surface area (Å²) in [5, 5.41) is 11.4. The van der Waals surface area contributed by atoms with E-state index in [0.29, 0.717) is 28.1 Å². The Balaban J connectivity index is 2.32. The molecule has 2 aromatic rings. The van der Waals surface area contributed by atoms with Gasteiger partial charge in [-0.2, -0.15) is 0 Å². The molecule has 3 nitrogen and oxygen atoms in total. The molecule has 0 saturated heterocycles. The summed E-state index contributed by atoms with van der Waals surface area (Å²) in [6.07, 6.45) is 0.513. The van der Waals surface area contributed by atoms with Gasteiger partial charge in [0.1, 0.15) is 22.8 Å². The third kappa shape index (κ3) is 3.36. The van der Waals surface area contributed by atoms with Gasteiger partial charge in [0.2, 0.25) is 0 Å². The zero-order valence-corrected chi connectivity index (χ0v) is 17.4. The first-order valence-electron chi connectivity index (χ1n) is 9.26. The molecule has 28 heavy (non-hydrogen) atoms.